The first kappa shape index (κ1) is 24.5. The summed E-state index contributed by atoms with van der Waals surface area (Å²) in [6.45, 7) is 3.67. The van der Waals surface area contributed by atoms with Gasteiger partial charge in [-0.05, 0) is 31.5 Å². The van der Waals surface area contributed by atoms with Gasteiger partial charge >= 0.3 is 5.97 Å². The Kier molecular flexibility index (Phi) is 7.34. The van der Waals surface area contributed by atoms with E-state index >= 15 is 0 Å². The van der Waals surface area contributed by atoms with E-state index in [2.05, 4.69) is 10.4 Å². The number of aromatic nitrogens is 2. The van der Waals surface area contributed by atoms with Crippen LogP contribution in [0.2, 0.25) is 0 Å². The fourth-order valence-corrected chi connectivity index (χ4v) is 3.84. The summed E-state index contributed by atoms with van der Waals surface area (Å²) in [5.74, 6) is -1.57. The molecule has 0 aliphatic carbocycles. The van der Waals surface area contributed by atoms with Gasteiger partial charge in [0.25, 0.3) is 11.5 Å². The molecular weight excluding hydrogens is 458 g/mol. The third-order valence-corrected chi connectivity index (χ3v) is 5.60. The van der Waals surface area contributed by atoms with Gasteiger partial charge in [-0.1, -0.05) is 67.6 Å². The molecule has 1 N–H and O–H groups in total. The molecule has 0 aliphatic rings. The van der Waals surface area contributed by atoms with Crippen LogP contribution in [0.15, 0.2) is 83.7 Å². The number of benzene rings is 3. The number of anilines is 1. The summed E-state index contributed by atoms with van der Waals surface area (Å²) < 4.78 is 6.96. The van der Waals surface area contributed by atoms with Gasteiger partial charge in [-0.15, -0.1) is 0 Å². The second-order valence-electron chi connectivity index (χ2n) is 8.24. The number of esters is 1. The SMILES string of the molecule is CCCn1nc(C(=O)OC(C(=O)Nc2cccc(C(C)=O)c2)c2ccccc2)c2ccccc2c1=O. The van der Waals surface area contributed by atoms with E-state index in [1.807, 2.05) is 6.92 Å². The molecule has 1 aromatic heterocycles. The van der Waals surface area contributed by atoms with Crippen molar-refractivity contribution in [3.8, 4) is 0 Å². The number of ether oxygens (including phenoxy) is 1. The monoisotopic (exact) mass is 483 g/mol. The zero-order valence-electron chi connectivity index (χ0n) is 19.9. The molecule has 36 heavy (non-hydrogen) atoms. The quantitative estimate of drug-likeness (QED) is 0.291. The molecule has 1 heterocycles. The van der Waals surface area contributed by atoms with Crippen LogP contribution >= 0.6 is 0 Å². The van der Waals surface area contributed by atoms with E-state index in [0.717, 1.165) is 0 Å². The molecule has 0 bridgehead atoms. The highest BCUT2D eigenvalue weighted by atomic mass is 16.5. The predicted molar refractivity (Wildman–Crippen MR) is 136 cm³/mol. The first-order chi connectivity index (χ1) is 17.4. The van der Waals surface area contributed by atoms with Crippen LogP contribution < -0.4 is 10.9 Å². The van der Waals surface area contributed by atoms with Crippen LogP contribution in [0.25, 0.3) is 10.8 Å². The lowest BCUT2D eigenvalue weighted by molar-refractivity contribution is -0.125. The molecule has 0 aliphatic heterocycles. The third kappa shape index (κ3) is 5.22. The van der Waals surface area contributed by atoms with Crippen molar-refractivity contribution in [2.24, 2.45) is 0 Å². The van der Waals surface area contributed by atoms with Gasteiger partial charge in [0.2, 0.25) is 6.10 Å². The Balaban J connectivity index is 1.70. The lowest BCUT2D eigenvalue weighted by Gasteiger charge is -2.19. The maximum Gasteiger partial charge on any atom is 0.360 e. The van der Waals surface area contributed by atoms with Gasteiger partial charge in [-0.2, -0.15) is 5.10 Å². The fourth-order valence-electron chi connectivity index (χ4n) is 3.84. The lowest BCUT2D eigenvalue weighted by Crippen LogP contribution is -2.29. The van der Waals surface area contributed by atoms with E-state index < -0.39 is 18.0 Å². The summed E-state index contributed by atoms with van der Waals surface area (Å²) in [7, 11) is 0. The number of amides is 1. The third-order valence-electron chi connectivity index (χ3n) is 5.60. The number of carbonyl (C=O) groups excluding carboxylic acids is 3. The van der Waals surface area contributed by atoms with Gasteiger partial charge in [-0.25, -0.2) is 9.48 Å². The molecule has 0 fully saturated rings. The van der Waals surface area contributed by atoms with E-state index in [0.29, 0.717) is 40.6 Å². The summed E-state index contributed by atoms with van der Waals surface area (Å²) in [5.41, 5.74) is 0.939. The van der Waals surface area contributed by atoms with Crippen molar-refractivity contribution < 1.29 is 19.1 Å². The number of ketones is 1. The molecule has 1 unspecified atom stereocenters. The van der Waals surface area contributed by atoms with Crippen LogP contribution in [0.3, 0.4) is 0 Å². The highest BCUT2D eigenvalue weighted by Gasteiger charge is 2.28. The zero-order chi connectivity index (χ0) is 25.7. The average molecular weight is 484 g/mol. The molecule has 0 spiro atoms. The molecule has 8 heteroatoms. The summed E-state index contributed by atoms with van der Waals surface area (Å²) in [4.78, 5) is 51.2. The predicted octanol–water partition coefficient (Wildman–Crippen LogP) is 4.55. The van der Waals surface area contributed by atoms with Crippen LogP contribution in [0.1, 0.15) is 52.8 Å². The average Bonchev–Trinajstić information content (AvgIpc) is 2.89. The van der Waals surface area contributed by atoms with Gasteiger partial charge in [-0.3, -0.25) is 14.4 Å². The Hall–Kier alpha value is -4.59. The first-order valence-corrected chi connectivity index (χ1v) is 11.6. The highest BCUT2D eigenvalue weighted by Crippen LogP contribution is 2.24. The molecule has 1 atom stereocenters. The minimum Gasteiger partial charge on any atom is -0.442 e. The smallest absolute Gasteiger partial charge is 0.360 e. The van der Waals surface area contributed by atoms with Crippen LogP contribution in [-0.2, 0) is 16.1 Å². The highest BCUT2D eigenvalue weighted by molar-refractivity contribution is 6.04. The molecule has 0 radical (unpaired) electrons. The molecule has 4 aromatic rings. The number of carbonyl (C=O) groups is 3. The standard InChI is InChI=1S/C28H25N3O5/c1-3-16-31-27(34)23-15-8-7-14-22(23)24(30-31)28(35)36-25(19-10-5-4-6-11-19)26(33)29-21-13-9-12-20(17-21)18(2)32/h4-15,17,25H,3,16H2,1-2H3,(H,29,33). The summed E-state index contributed by atoms with van der Waals surface area (Å²) >= 11 is 0. The molecule has 4 rings (SSSR count). The van der Waals surface area contributed by atoms with Crippen molar-refractivity contribution in [2.45, 2.75) is 32.9 Å². The Morgan fingerprint density at radius 3 is 2.33 bits per heavy atom. The Morgan fingerprint density at radius 2 is 1.64 bits per heavy atom. The number of nitrogens with one attached hydrogen (secondary N) is 1. The number of rotatable bonds is 8. The molecular formula is C28H25N3O5. The summed E-state index contributed by atoms with van der Waals surface area (Å²) in [5, 5.41) is 7.69. The second-order valence-corrected chi connectivity index (χ2v) is 8.24. The topological polar surface area (TPSA) is 107 Å². The lowest BCUT2D eigenvalue weighted by atomic mass is 10.1. The van der Waals surface area contributed by atoms with Gasteiger partial charge in [0.05, 0.1) is 5.39 Å². The Bertz CT molecular complexity index is 1490. The van der Waals surface area contributed by atoms with Crippen molar-refractivity contribution in [3.05, 3.63) is 106 Å². The van der Waals surface area contributed by atoms with Crippen molar-refractivity contribution in [2.75, 3.05) is 5.32 Å². The van der Waals surface area contributed by atoms with Crippen molar-refractivity contribution in [1.29, 1.82) is 0 Å². The zero-order valence-corrected chi connectivity index (χ0v) is 19.9. The van der Waals surface area contributed by atoms with Crippen LogP contribution in [-0.4, -0.2) is 27.4 Å². The number of Topliss-reactive ketones (excluding diaryl/α,β-unsaturated/α-hetero) is 1. The van der Waals surface area contributed by atoms with E-state index in [4.69, 9.17) is 4.74 Å². The Morgan fingerprint density at radius 1 is 0.944 bits per heavy atom. The number of hydrogen-bond acceptors (Lipinski definition) is 6. The van der Waals surface area contributed by atoms with E-state index in [9.17, 15) is 19.2 Å². The van der Waals surface area contributed by atoms with Crippen LogP contribution in [0, 0.1) is 0 Å². The minimum absolute atomic E-state index is 0.0500. The number of aryl methyl sites for hydroxylation is 1. The van der Waals surface area contributed by atoms with Gasteiger partial charge < -0.3 is 10.1 Å². The minimum atomic E-state index is -1.30. The summed E-state index contributed by atoms with van der Waals surface area (Å²) in [6, 6.07) is 21.8. The van der Waals surface area contributed by atoms with Crippen LogP contribution in [0.5, 0.6) is 0 Å². The molecule has 3 aromatic carbocycles. The second kappa shape index (κ2) is 10.8. The van der Waals surface area contributed by atoms with Crippen molar-refractivity contribution in [1.82, 2.24) is 9.78 Å². The molecule has 182 valence electrons. The normalized spacial score (nSPS) is 11.6. The van der Waals surface area contributed by atoms with E-state index in [1.54, 1.807) is 78.9 Å². The number of nitrogens with zero attached hydrogens (tertiary/aromatic N) is 2. The first-order valence-electron chi connectivity index (χ1n) is 11.6. The Labute approximate surface area is 207 Å². The molecule has 0 saturated heterocycles. The number of hydrogen-bond donors (Lipinski definition) is 1. The summed E-state index contributed by atoms with van der Waals surface area (Å²) in [6.07, 6.45) is -0.652. The number of fused-ring (bicyclic) bond motifs is 1. The van der Waals surface area contributed by atoms with Gasteiger partial charge in [0.15, 0.2) is 11.5 Å². The van der Waals surface area contributed by atoms with Gasteiger partial charge in [0.1, 0.15) is 0 Å². The molecule has 0 saturated carbocycles. The van der Waals surface area contributed by atoms with Crippen LogP contribution in [0.4, 0.5) is 5.69 Å². The van der Waals surface area contributed by atoms with Crippen molar-refractivity contribution >= 4 is 34.1 Å². The van der Waals surface area contributed by atoms with E-state index in [1.165, 1.54) is 11.6 Å². The maximum absolute atomic E-state index is 13.4. The molecule has 1 amide bonds. The van der Waals surface area contributed by atoms with Crippen molar-refractivity contribution in [3.63, 3.8) is 0 Å². The largest absolute Gasteiger partial charge is 0.442 e. The molecule has 8 nitrogen and oxygen atoms in total. The van der Waals surface area contributed by atoms with E-state index in [-0.39, 0.29) is 17.0 Å². The van der Waals surface area contributed by atoms with Gasteiger partial charge in [0, 0.05) is 28.7 Å². The fraction of sp³-hybridized carbons (Fsp3) is 0.179. The maximum atomic E-state index is 13.4.